The highest BCUT2D eigenvalue weighted by Gasteiger charge is 2.46. The number of carbonyl (C=O) groups is 2. The van der Waals surface area contributed by atoms with E-state index < -0.39 is 29.0 Å². The summed E-state index contributed by atoms with van der Waals surface area (Å²) in [4.78, 5) is 26.4. The quantitative estimate of drug-likeness (QED) is 0.841. The first kappa shape index (κ1) is 18.5. The molecule has 0 radical (unpaired) electrons. The molecule has 128 valence electrons. The Morgan fingerprint density at radius 1 is 1.09 bits per heavy atom. The molecule has 0 bridgehead atoms. The Hall–Kier alpha value is -1.50. The summed E-state index contributed by atoms with van der Waals surface area (Å²) in [5, 5.41) is 10.3. The van der Waals surface area contributed by atoms with Crippen molar-refractivity contribution in [2.75, 3.05) is 26.7 Å². The van der Waals surface area contributed by atoms with Crippen LogP contribution in [-0.2, 0) is 9.47 Å². The molecule has 1 heterocycles. The molecule has 7 heteroatoms. The van der Waals surface area contributed by atoms with Crippen molar-refractivity contribution in [3.05, 3.63) is 0 Å². The average molecular weight is 316 g/mol. The lowest BCUT2D eigenvalue weighted by Crippen LogP contribution is -2.68. The fourth-order valence-electron chi connectivity index (χ4n) is 2.07. The van der Waals surface area contributed by atoms with Crippen LogP contribution in [-0.4, -0.2) is 70.6 Å². The van der Waals surface area contributed by atoms with Crippen LogP contribution < -0.4 is 0 Å². The zero-order valence-electron chi connectivity index (χ0n) is 14.6. The highest BCUT2D eigenvalue weighted by atomic mass is 16.6. The Labute approximate surface area is 132 Å². The van der Waals surface area contributed by atoms with Gasteiger partial charge in [-0.2, -0.15) is 0 Å². The second-order valence-corrected chi connectivity index (χ2v) is 7.90. The van der Waals surface area contributed by atoms with Gasteiger partial charge in [-0.05, 0) is 41.5 Å². The molecule has 1 saturated heterocycles. The summed E-state index contributed by atoms with van der Waals surface area (Å²) in [7, 11) is 1.56. The zero-order valence-corrected chi connectivity index (χ0v) is 14.6. The first-order valence-electron chi connectivity index (χ1n) is 7.35. The first-order chi connectivity index (χ1) is 9.71. The Morgan fingerprint density at radius 3 is 1.95 bits per heavy atom. The number of hydrogen-bond acceptors (Lipinski definition) is 5. The Balaban J connectivity index is 2.46. The molecule has 0 saturated carbocycles. The summed E-state index contributed by atoms with van der Waals surface area (Å²) in [6.45, 7) is 11.1. The molecular formula is C15H28N2O5. The van der Waals surface area contributed by atoms with Gasteiger partial charge in [0, 0.05) is 7.05 Å². The normalized spacial score (nSPS) is 17.5. The molecule has 0 spiro atoms. The number of rotatable bonds is 2. The molecule has 7 nitrogen and oxygen atoms in total. The number of amides is 2. The van der Waals surface area contributed by atoms with Crippen LogP contribution in [0.4, 0.5) is 9.59 Å². The van der Waals surface area contributed by atoms with Gasteiger partial charge in [0.2, 0.25) is 0 Å². The SMILES string of the molecule is CN(CC1(O)CN(C(=O)OC(C)(C)C)C1)C(=O)OC(C)(C)C. The number of aliphatic hydroxyl groups is 1. The number of hydrogen-bond donors (Lipinski definition) is 1. The fraction of sp³-hybridized carbons (Fsp3) is 0.867. The highest BCUT2D eigenvalue weighted by Crippen LogP contribution is 2.24. The van der Waals surface area contributed by atoms with Gasteiger partial charge < -0.3 is 24.4 Å². The summed E-state index contributed by atoms with van der Waals surface area (Å²) < 4.78 is 10.4. The molecule has 0 unspecified atom stereocenters. The van der Waals surface area contributed by atoms with Crippen molar-refractivity contribution < 1.29 is 24.2 Å². The summed E-state index contributed by atoms with van der Waals surface area (Å²) in [6.07, 6.45) is -0.964. The van der Waals surface area contributed by atoms with Crippen molar-refractivity contribution in [3.8, 4) is 0 Å². The van der Waals surface area contributed by atoms with Gasteiger partial charge >= 0.3 is 12.2 Å². The van der Waals surface area contributed by atoms with Crippen molar-refractivity contribution >= 4 is 12.2 Å². The predicted octanol–water partition coefficient (Wildman–Crippen LogP) is 1.84. The van der Waals surface area contributed by atoms with Crippen LogP contribution in [0.2, 0.25) is 0 Å². The summed E-state index contributed by atoms with van der Waals surface area (Å²) in [5.74, 6) is 0. The van der Waals surface area contributed by atoms with E-state index >= 15 is 0 Å². The van der Waals surface area contributed by atoms with Gasteiger partial charge in [0.05, 0.1) is 19.6 Å². The number of likely N-dealkylation sites (tertiary alicyclic amines) is 1. The van der Waals surface area contributed by atoms with Crippen molar-refractivity contribution in [1.82, 2.24) is 9.80 Å². The number of ether oxygens (including phenoxy) is 2. The first-order valence-corrected chi connectivity index (χ1v) is 7.35. The van der Waals surface area contributed by atoms with E-state index in [1.807, 2.05) is 0 Å². The third-order valence-corrected chi connectivity index (χ3v) is 2.86. The summed E-state index contributed by atoms with van der Waals surface area (Å²) in [6, 6.07) is 0. The van der Waals surface area contributed by atoms with E-state index in [0.717, 1.165) is 0 Å². The Kier molecular flexibility index (Phi) is 5.01. The molecule has 1 fully saturated rings. The number of likely N-dealkylation sites (N-methyl/N-ethyl adjacent to an activating group) is 1. The maximum atomic E-state index is 11.9. The van der Waals surface area contributed by atoms with Gasteiger partial charge in [-0.15, -0.1) is 0 Å². The molecule has 0 aromatic carbocycles. The van der Waals surface area contributed by atoms with Gasteiger partial charge in [-0.1, -0.05) is 0 Å². The standard InChI is InChI=1S/C15H28N2O5/c1-13(2,3)21-11(18)16(7)8-15(20)9-17(10-15)12(19)22-14(4,5)6/h20H,8-10H2,1-7H3. The zero-order chi connectivity index (χ0) is 17.3. The van der Waals surface area contributed by atoms with Crippen LogP contribution >= 0.6 is 0 Å². The summed E-state index contributed by atoms with van der Waals surface area (Å²) >= 11 is 0. The summed E-state index contributed by atoms with van der Waals surface area (Å²) in [5.41, 5.74) is -2.28. The van der Waals surface area contributed by atoms with Gasteiger partial charge in [-0.25, -0.2) is 9.59 Å². The topological polar surface area (TPSA) is 79.3 Å². The van der Waals surface area contributed by atoms with Crippen molar-refractivity contribution in [2.45, 2.75) is 58.3 Å². The van der Waals surface area contributed by atoms with Gasteiger partial charge in [-0.3, -0.25) is 0 Å². The molecule has 0 aliphatic carbocycles. The smallest absolute Gasteiger partial charge is 0.410 e. The van der Waals surface area contributed by atoms with Crippen molar-refractivity contribution in [1.29, 1.82) is 0 Å². The third-order valence-electron chi connectivity index (χ3n) is 2.86. The minimum absolute atomic E-state index is 0.0984. The maximum absolute atomic E-state index is 11.9. The van der Waals surface area contributed by atoms with Gasteiger partial charge in [0.15, 0.2) is 0 Å². The fourth-order valence-corrected chi connectivity index (χ4v) is 2.07. The molecule has 0 aromatic heterocycles. The number of carbonyl (C=O) groups excluding carboxylic acids is 2. The number of β-amino-alcohol motifs (C(OH)–C–C–N with tert-alkyl or cyclic N) is 1. The van der Waals surface area contributed by atoms with Crippen LogP contribution in [0, 0.1) is 0 Å². The highest BCUT2D eigenvalue weighted by molar-refractivity contribution is 5.70. The second-order valence-electron chi connectivity index (χ2n) is 7.90. The minimum atomic E-state index is -1.12. The molecule has 1 rings (SSSR count). The molecular weight excluding hydrogens is 288 g/mol. The van der Waals surface area contributed by atoms with Crippen LogP contribution in [0.5, 0.6) is 0 Å². The van der Waals surface area contributed by atoms with Crippen LogP contribution in [0.1, 0.15) is 41.5 Å². The molecule has 0 atom stereocenters. The maximum Gasteiger partial charge on any atom is 0.410 e. The lowest BCUT2D eigenvalue weighted by Gasteiger charge is -2.47. The molecule has 22 heavy (non-hydrogen) atoms. The number of nitrogens with zero attached hydrogens (tertiary/aromatic N) is 2. The Morgan fingerprint density at radius 2 is 1.55 bits per heavy atom. The lowest BCUT2D eigenvalue weighted by atomic mass is 9.94. The average Bonchev–Trinajstić information content (AvgIpc) is 2.20. The van der Waals surface area contributed by atoms with Gasteiger partial charge in [0.1, 0.15) is 16.8 Å². The molecule has 1 aliphatic rings. The molecule has 1 aliphatic heterocycles. The molecule has 1 N–H and O–H groups in total. The van der Waals surface area contributed by atoms with Crippen molar-refractivity contribution in [2.24, 2.45) is 0 Å². The van der Waals surface area contributed by atoms with E-state index in [9.17, 15) is 14.7 Å². The second kappa shape index (κ2) is 5.95. The monoisotopic (exact) mass is 316 g/mol. The van der Waals surface area contributed by atoms with E-state index in [1.165, 1.54) is 9.80 Å². The minimum Gasteiger partial charge on any atom is -0.444 e. The van der Waals surface area contributed by atoms with E-state index in [1.54, 1.807) is 48.6 Å². The Bertz CT molecular complexity index is 430. The molecule has 0 aromatic rings. The van der Waals surface area contributed by atoms with E-state index in [4.69, 9.17) is 9.47 Å². The lowest BCUT2D eigenvalue weighted by molar-refractivity contribution is -0.109. The largest absolute Gasteiger partial charge is 0.444 e. The van der Waals surface area contributed by atoms with E-state index in [2.05, 4.69) is 0 Å². The molecule has 2 amide bonds. The third kappa shape index (κ3) is 5.71. The van der Waals surface area contributed by atoms with Crippen LogP contribution in [0.3, 0.4) is 0 Å². The predicted molar refractivity (Wildman–Crippen MR) is 81.6 cm³/mol. The van der Waals surface area contributed by atoms with Gasteiger partial charge in [0.25, 0.3) is 0 Å². The van der Waals surface area contributed by atoms with Crippen LogP contribution in [0.15, 0.2) is 0 Å². The van der Waals surface area contributed by atoms with Crippen molar-refractivity contribution in [3.63, 3.8) is 0 Å². The van der Waals surface area contributed by atoms with E-state index in [0.29, 0.717) is 0 Å². The van der Waals surface area contributed by atoms with E-state index in [-0.39, 0.29) is 19.6 Å². The van der Waals surface area contributed by atoms with Crippen LogP contribution in [0.25, 0.3) is 0 Å².